The standard InChI is InChI=1S/C21H21FN4O3/c1-25(20(27)15-10-14-6-4-5-7-18(14)23-12-15)8-9-26(2)21(28)19-17(22)11-16(29-3)13-24-19/h4-7,10-13H,8-9H2,1-3H3. The van der Waals surface area contributed by atoms with Crippen molar-refractivity contribution in [3.8, 4) is 5.75 Å². The molecular formula is C21H21FN4O3. The molecule has 0 spiro atoms. The molecule has 0 N–H and O–H groups in total. The maximum Gasteiger partial charge on any atom is 0.275 e. The van der Waals surface area contributed by atoms with Crippen LogP contribution >= 0.6 is 0 Å². The van der Waals surface area contributed by atoms with Crippen LogP contribution in [0.15, 0.2) is 48.8 Å². The number of nitrogens with zero attached hydrogens (tertiary/aromatic N) is 4. The zero-order valence-corrected chi connectivity index (χ0v) is 16.4. The van der Waals surface area contributed by atoms with E-state index in [0.29, 0.717) is 5.56 Å². The minimum absolute atomic E-state index is 0.210. The van der Waals surface area contributed by atoms with E-state index in [1.807, 2.05) is 24.3 Å². The number of carbonyl (C=O) groups is 2. The Kier molecular flexibility index (Phi) is 6.01. The third kappa shape index (κ3) is 4.48. The molecule has 150 valence electrons. The van der Waals surface area contributed by atoms with Crippen LogP contribution in [0.2, 0.25) is 0 Å². The first kappa shape index (κ1) is 20.2. The molecule has 0 saturated heterocycles. The molecule has 0 aliphatic heterocycles. The van der Waals surface area contributed by atoms with Crippen LogP contribution in [0.5, 0.6) is 5.75 Å². The molecule has 0 aliphatic rings. The fourth-order valence-electron chi connectivity index (χ4n) is 2.78. The first-order valence-corrected chi connectivity index (χ1v) is 8.96. The summed E-state index contributed by atoms with van der Waals surface area (Å²) in [7, 11) is 4.56. The van der Waals surface area contributed by atoms with Crippen LogP contribution in [-0.2, 0) is 0 Å². The van der Waals surface area contributed by atoms with Gasteiger partial charge in [-0.15, -0.1) is 0 Å². The van der Waals surface area contributed by atoms with Crippen molar-refractivity contribution in [3.63, 3.8) is 0 Å². The molecular weight excluding hydrogens is 375 g/mol. The molecule has 8 heteroatoms. The summed E-state index contributed by atoms with van der Waals surface area (Å²) in [5.74, 6) is -1.31. The van der Waals surface area contributed by atoms with E-state index in [9.17, 15) is 14.0 Å². The summed E-state index contributed by atoms with van der Waals surface area (Å²) in [4.78, 5) is 36.0. The Morgan fingerprint density at radius 3 is 2.38 bits per heavy atom. The fourth-order valence-corrected chi connectivity index (χ4v) is 2.78. The summed E-state index contributed by atoms with van der Waals surface area (Å²) in [5.41, 5.74) is 0.982. The second-order valence-corrected chi connectivity index (χ2v) is 6.58. The lowest BCUT2D eigenvalue weighted by molar-refractivity contribution is 0.0712. The van der Waals surface area contributed by atoms with E-state index in [-0.39, 0.29) is 30.4 Å². The van der Waals surface area contributed by atoms with Crippen LogP contribution in [0.1, 0.15) is 20.8 Å². The molecule has 1 aromatic carbocycles. The third-order valence-corrected chi connectivity index (χ3v) is 4.56. The first-order chi connectivity index (χ1) is 13.9. The number of likely N-dealkylation sites (N-methyl/N-ethyl adjacent to an activating group) is 2. The minimum Gasteiger partial charge on any atom is -0.495 e. The van der Waals surface area contributed by atoms with Crippen molar-refractivity contribution >= 4 is 22.7 Å². The number of rotatable bonds is 6. The summed E-state index contributed by atoms with van der Waals surface area (Å²) in [6, 6.07) is 10.4. The van der Waals surface area contributed by atoms with E-state index < -0.39 is 11.7 Å². The number of fused-ring (bicyclic) bond motifs is 1. The highest BCUT2D eigenvalue weighted by Gasteiger charge is 2.20. The van der Waals surface area contributed by atoms with Gasteiger partial charge in [0.25, 0.3) is 11.8 Å². The van der Waals surface area contributed by atoms with Crippen LogP contribution in [-0.4, -0.2) is 65.9 Å². The van der Waals surface area contributed by atoms with Crippen molar-refractivity contribution in [1.29, 1.82) is 0 Å². The fraction of sp³-hybridized carbons (Fsp3) is 0.238. The molecule has 2 amide bonds. The number of aromatic nitrogens is 2. The van der Waals surface area contributed by atoms with Crippen molar-refractivity contribution in [3.05, 3.63) is 65.9 Å². The van der Waals surface area contributed by atoms with Gasteiger partial charge in [-0.2, -0.15) is 0 Å². The minimum atomic E-state index is -0.757. The third-order valence-electron chi connectivity index (χ3n) is 4.56. The van der Waals surface area contributed by atoms with E-state index in [2.05, 4.69) is 9.97 Å². The lowest BCUT2D eigenvalue weighted by Gasteiger charge is -2.22. The number of carbonyl (C=O) groups excluding carboxylic acids is 2. The van der Waals surface area contributed by atoms with E-state index in [1.54, 1.807) is 13.1 Å². The normalized spacial score (nSPS) is 10.6. The Morgan fingerprint density at radius 1 is 1.00 bits per heavy atom. The maximum absolute atomic E-state index is 14.1. The first-order valence-electron chi connectivity index (χ1n) is 8.96. The average Bonchev–Trinajstić information content (AvgIpc) is 2.75. The topological polar surface area (TPSA) is 75.6 Å². The van der Waals surface area contributed by atoms with Crippen molar-refractivity contribution < 1.29 is 18.7 Å². The molecule has 0 saturated carbocycles. The molecule has 2 heterocycles. The number of ether oxygens (including phenoxy) is 1. The van der Waals surface area contributed by atoms with Crippen LogP contribution in [0.25, 0.3) is 10.9 Å². The number of pyridine rings is 2. The molecule has 7 nitrogen and oxygen atoms in total. The lowest BCUT2D eigenvalue weighted by atomic mass is 10.1. The van der Waals surface area contributed by atoms with Crippen molar-refractivity contribution in [2.75, 3.05) is 34.3 Å². The Balaban J connectivity index is 1.63. The molecule has 0 aliphatic carbocycles. The van der Waals surface area contributed by atoms with E-state index in [1.165, 1.54) is 36.4 Å². The second-order valence-electron chi connectivity index (χ2n) is 6.58. The van der Waals surface area contributed by atoms with Crippen LogP contribution in [0, 0.1) is 5.82 Å². The number of amides is 2. The SMILES string of the molecule is COc1cnc(C(=O)N(C)CCN(C)C(=O)c2cnc3ccccc3c2)c(F)c1. The van der Waals surface area contributed by atoms with Gasteiger partial charge in [0.2, 0.25) is 0 Å². The summed E-state index contributed by atoms with van der Waals surface area (Å²) in [6.07, 6.45) is 2.82. The lowest BCUT2D eigenvalue weighted by Crippen LogP contribution is -2.38. The Labute approximate surface area is 167 Å². The Morgan fingerprint density at radius 2 is 1.69 bits per heavy atom. The van der Waals surface area contributed by atoms with E-state index >= 15 is 0 Å². The Hall–Kier alpha value is -3.55. The quantitative estimate of drug-likeness (QED) is 0.640. The Bertz CT molecular complexity index is 1060. The maximum atomic E-state index is 14.1. The number of hydrogen-bond donors (Lipinski definition) is 0. The van der Waals surface area contributed by atoms with Gasteiger partial charge in [0.1, 0.15) is 5.75 Å². The van der Waals surface area contributed by atoms with Gasteiger partial charge in [0, 0.05) is 44.8 Å². The van der Waals surface area contributed by atoms with Gasteiger partial charge in [-0.1, -0.05) is 18.2 Å². The highest BCUT2D eigenvalue weighted by molar-refractivity contribution is 5.97. The smallest absolute Gasteiger partial charge is 0.275 e. The molecule has 0 bridgehead atoms. The number of hydrogen-bond acceptors (Lipinski definition) is 5. The molecule has 0 unspecified atom stereocenters. The highest BCUT2D eigenvalue weighted by atomic mass is 19.1. The second kappa shape index (κ2) is 8.64. The van der Waals surface area contributed by atoms with Gasteiger partial charge >= 0.3 is 0 Å². The van der Waals surface area contributed by atoms with Crippen molar-refractivity contribution in [1.82, 2.24) is 19.8 Å². The number of benzene rings is 1. The van der Waals surface area contributed by atoms with Crippen LogP contribution in [0.4, 0.5) is 4.39 Å². The van der Waals surface area contributed by atoms with Crippen LogP contribution in [0.3, 0.4) is 0 Å². The molecule has 0 atom stereocenters. The largest absolute Gasteiger partial charge is 0.495 e. The summed E-state index contributed by atoms with van der Waals surface area (Å²) in [5, 5.41) is 0.875. The van der Waals surface area contributed by atoms with Gasteiger partial charge in [0.05, 0.1) is 24.4 Å². The van der Waals surface area contributed by atoms with Crippen molar-refractivity contribution in [2.45, 2.75) is 0 Å². The summed E-state index contributed by atoms with van der Waals surface area (Å²) < 4.78 is 19.0. The van der Waals surface area contributed by atoms with Gasteiger partial charge in [-0.25, -0.2) is 9.37 Å². The number of para-hydroxylation sites is 1. The molecule has 0 radical (unpaired) electrons. The van der Waals surface area contributed by atoms with Gasteiger partial charge in [-0.05, 0) is 12.1 Å². The molecule has 29 heavy (non-hydrogen) atoms. The molecule has 2 aromatic heterocycles. The molecule has 3 rings (SSSR count). The predicted molar refractivity (Wildman–Crippen MR) is 106 cm³/mol. The number of halogens is 1. The van der Waals surface area contributed by atoms with Gasteiger partial charge < -0.3 is 14.5 Å². The molecule has 0 fully saturated rings. The van der Waals surface area contributed by atoms with E-state index in [4.69, 9.17) is 4.74 Å². The van der Waals surface area contributed by atoms with Crippen molar-refractivity contribution in [2.24, 2.45) is 0 Å². The highest BCUT2D eigenvalue weighted by Crippen LogP contribution is 2.15. The van der Waals surface area contributed by atoms with Gasteiger partial charge in [0.15, 0.2) is 11.5 Å². The summed E-state index contributed by atoms with van der Waals surface area (Å²) >= 11 is 0. The van der Waals surface area contributed by atoms with Gasteiger partial charge in [-0.3, -0.25) is 14.6 Å². The summed E-state index contributed by atoms with van der Waals surface area (Å²) in [6.45, 7) is 0.487. The zero-order valence-electron chi connectivity index (χ0n) is 16.4. The average molecular weight is 396 g/mol. The monoisotopic (exact) mass is 396 g/mol. The predicted octanol–water partition coefficient (Wildman–Crippen LogP) is 2.62. The van der Waals surface area contributed by atoms with Crippen LogP contribution < -0.4 is 4.74 Å². The zero-order chi connectivity index (χ0) is 21.0. The van der Waals surface area contributed by atoms with E-state index in [0.717, 1.165) is 17.0 Å². The number of methoxy groups -OCH3 is 1. The molecule has 3 aromatic rings.